The summed E-state index contributed by atoms with van der Waals surface area (Å²) in [6, 6.07) is -0.593. The van der Waals surface area contributed by atoms with Crippen molar-refractivity contribution in [2.45, 2.75) is 26.3 Å². The molecule has 1 atom stereocenters. The Morgan fingerprint density at radius 2 is 2.20 bits per heavy atom. The molecule has 0 aliphatic heterocycles. The molecule has 60 valence electrons. The number of amides is 1. The molecular weight excluding hydrogens is 132 g/mol. The molecule has 0 aromatic carbocycles. The second kappa shape index (κ2) is 4.24. The Morgan fingerprint density at radius 3 is 2.50 bits per heavy atom. The first-order valence-electron chi connectivity index (χ1n) is 3.27. The average Bonchev–Trinajstić information content (AvgIpc) is 1.85. The number of nitrogens with one attached hydrogen (secondary N) is 1. The highest BCUT2D eigenvalue weighted by atomic mass is 16.5. The van der Waals surface area contributed by atoms with Crippen molar-refractivity contribution in [2.24, 2.45) is 11.7 Å². The van der Waals surface area contributed by atoms with E-state index in [1.54, 1.807) is 0 Å². The zero-order valence-electron chi connectivity index (χ0n) is 6.29. The molecule has 0 radical (unpaired) electrons. The Balaban J connectivity index is 3.61. The molecule has 0 fully saturated rings. The maximum atomic E-state index is 10.6. The molecule has 0 aromatic rings. The van der Waals surface area contributed by atoms with Gasteiger partial charge in [-0.05, 0) is 12.3 Å². The molecule has 0 aliphatic rings. The molecule has 0 saturated heterocycles. The minimum absolute atomic E-state index is 0.368. The molecule has 0 rings (SSSR count). The summed E-state index contributed by atoms with van der Waals surface area (Å²) in [5.74, 6) is -0.152. The number of hydroxylamine groups is 1. The third kappa shape index (κ3) is 3.42. The highest BCUT2D eigenvalue weighted by Gasteiger charge is 2.12. The third-order valence-electron chi connectivity index (χ3n) is 1.17. The van der Waals surface area contributed by atoms with E-state index < -0.39 is 11.9 Å². The van der Waals surface area contributed by atoms with Crippen LogP contribution in [-0.4, -0.2) is 17.2 Å². The van der Waals surface area contributed by atoms with Crippen molar-refractivity contribution >= 4 is 5.91 Å². The van der Waals surface area contributed by atoms with Crippen molar-refractivity contribution in [1.29, 1.82) is 0 Å². The van der Waals surface area contributed by atoms with Crippen molar-refractivity contribution in [1.82, 2.24) is 5.48 Å². The van der Waals surface area contributed by atoms with Crippen LogP contribution in [0.2, 0.25) is 0 Å². The van der Waals surface area contributed by atoms with Gasteiger partial charge in [0.15, 0.2) is 0 Å². The van der Waals surface area contributed by atoms with Gasteiger partial charge in [-0.3, -0.25) is 10.0 Å². The Hall–Kier alpha value is -0.610. The number of nitrogens with two attached hydrogens (primary N) is 1. The largest absolute Gasteiger partial charge is 0.320 e. The lowest BCUT2D eigenvalue weighted by atomic mass is 10.0. The molecule has 4 N–H and O–H groups in total. The summed E-state index contributed by atoms with van der Waals surface area (Å²) in [6.07, 6.45) is 0.590. The molecule has 0 bridgehead atoms. The van der Waals surface area contributed by atoms with Crippen molar-refractivity contribution < 1.29 is 10.0 Å². The molecule has 0 aromatic heterocycles. The summed E-state index contributed by atoms with van der Waals surface area (Å²) in [7, 11) is 0. The lowest BCUT2D eigenvalue weighted by molar-refractivity contribution is -0.130. The Bertz CT molecular complexity index is 114. The molecular formula is C6H14N2O2. The number of hydrogen-bond donors (Lipinski definition) is 3. The SMILES string of the molecule is CC(C)C[C@H](N)C(=O)NO. The van der Waals surface area contributed by atoms with Gasteiger partial charge >= 0.3 is 0 Å². The lowest BCUT2D eigenvalue weighted by Gasteiger charge is -2.10. The van der Waals surface area contributed by atoms with E-state index in [0.717, 1.165) is 0 Å². The summed E-state index contributed by atoms with van der Waals surface area (Å²) in [5.41, 5.74) is 6.86. The van der Waals surface area contributed by atoms with Crippen LogP contribution in [0.15, 0.2) is 0 Å². The summed E-state index contributed by atoms with van der Waals surface area (Å²) in [6.45, 7) is 3.93. The standard InChI is InChI=1S/C6H14N2O2/c1-4(2)3-5(7)6(9)8-10/h4-5,10H,3,7H2,1-2H3,(H,8,9)/t5-/m0/s1. The van der Waals surface area contributed by atoms with Crippen LogP contribution in [0.5, 0.6) is 0 Å². The maximum absolute atomic E-state index is 10.6. The van der Waals surface area contributed by atoms with Gasteiger partial charge in [0.2, 0.25) is 0 Å². The number of carbonyl (C=O) groups excluding carboxylic acids is 1. The van der Waals surface area contributed by atoms with Crippen molar-refractivity contribution in [3.8, 4) is 0 Å². The zero-order chi connectivity index (χ0) is 8.15. The van der Waals surface area contributed by atoms with Crippen molar-refractivity contribution in [2.75, 3.05) is 0 Å². The van der Waals surface area contributed by atoms with Crippen LogP contribution in [-0.2, 0) is 4.79 Å². The van der Waals surface area contributed by atoms with Crippen LogP contribution < -0.4 is 11.2 Å². The highest BCUT2D eigenvalue weighted by Crippen LogP contribution is 2.01. The summed E-state index contributed by atoms with van der Waals surface area (Å²) < 4.78 is 0. The topological polar surface area (TPSA) is 75.4 Å². The monoisotopic (exact) mass is 146 g/mol. The van der Waals surface area contributed by atoms with Gasteiger partial charge in [-0.1, -0.05) is 13.8 Å². The van der Waals surface area contributed by atoms with E-state index in [9.17, 15) is 4.79 Å². The van der Waals surface area contributed by atoms with Gasteiger partial charge < -0.3 is 5.73 Å². The first-order chi connectivity index (χ1) is 4.57. The van der Waals surface area contributed by atoms with Gasteiger partial charge in [-0.2, -0.15) is 0 Å². The van der Waals surface area contributed by atoms with E-state index >= 15 is 0 Å². The molecule has 0 unspecified atom stereocenters. The first-order valence-corrected chi connectivity index (χ1v) is 3.27. The van der Waals surface area contributed by atoms with Gasteiger partial charge in [-0.15, -0.1) is 0 Å². The minimum atomic E-state index is -0.593. The fourth-order valence-corrected chi connectivity index (χ4v) is 0.698. The Kier molecular flexibility index (Phi) is 3.99. The van der Waals surface area contributed by atoms with Crippen LogP contribution in [0.25, 0.3) is 0 Å². The third-order valence-corrected chi connectivity index (χ3v) is 1.17. The van der Waals surface area contributed by atoms with E-state index in [2.05, 4.69) is 0 Å². The fraction of sp³-hybridized carbons (Fsp3) is 0.833. The number of rotatable bonds is 3. The van der Waals surface area contributed by atoms with Crippen LogP contribution in [0.3, 0.4) is 0 Å². The van der Waals surface area contributed by atoms with Crippen LogP contribution in [0.1, 0.15) is 20.3 Å². The molecule has 0 saturated carbocycles. The summed E-state index contributed by atoms with van der Waals surface area (Å²) >= 11 is 0. The van der Waals surface area contributed by atoms with Crippen LogP contribution >= 0.6 is 0 Å². The second-order valence-electron chi connectivity index (χ2n) is 2.71. The van der Waals surface area contributed by atoms with Gasteiger partial charge in [-0.25, -0.2) is 5.48 Å². The zero-order valence-corrected chi connectivity index (χ0v) is 6.29. The molecule has 0 spiro atoms. The van der Waals surface area contributed by atoms with Crippen molar-refractivity contribution in [3.63, 3.8) is 0 Å². The van der Waals surface area contributed by atoms with E-state index in [1.165, 1.54) is 5.48 Å². The van der Waals surface area contributed by atoms with Gasteiger partial charge in [0.25, 0.3) is 5.91 Å². The van der Waals surface area contributed by atoms with Crippen molar-refractivity contribution in [3.05, 3.63) is 0 Å². The van der Waals surface area contributed by atoms with E-state index in [0.29, 0.717) is 12.3 Å². The Labute approximate surface area is 60.4 Å². The molecule has 4 heteroatoms. The van der Waals surface area contributed by atoms with E-state index in [1.807, 2.05) is 13.8 Å². The molecule has 0 heterocycles. The molecule has 10 heavy (non-hydrogen) atoms. The number of carbonyl (C=O) groups is 1. The predicted octanol–water partition coefficient (Wildman–Crippen LogP) is -0.135. The predicted molar refractivity (Wildman–Crippen MR) is 37.4 cm³/mol. The smallest absolute Gasteiger partial charge is 0.260 e. The second-order valence-corrected chi connectivity index (χ2v) is 2.71. The molecule has 0 aliphatic carbocycles. The summed E-state index contributed by atoms with van der Waals surface area (Å²) in [4.78, 5) is 10.6. The maximum Gasteiger partial charge on any atom is 0.260 e. The van der Waals surface area contributed by atoms with Gasteiger partial charge in [0, 0.05) is 0 Å². The fourth-order valence-electron chi connectivity index (χ4n) is 0.698. The normalized spacial score (nSPS) is 13.3. The average molecular weight is 146 g/mol. The highest BCUT2D eigenvalue weighted by molar-refractivity contribution is 5.80. The lowest BCUT2D eigenvalue weighted by Crippen LogP contribution is -2.39. The first kappa shape index (κ1) is 9.39. The summed E-state index contributed by atoms with van der Waals surface area (Å²) in [5, 5.41) is 8.14. The van der Waals surface area contributed by atoms with E-state index in [-0.39, 0.29) is 0 Å². The van der Waals surface area contributed by atoms with Gasteiger partial charge in [0.1, 0.15) is 0 Å². The quantitative estimate of drug-likeness (QED) is 0.383. The minimum Gasteiger partial charge on any atom is -0.320 e. The number of hydrogen-bond acceptors (Lipinski definition) is 3. The van der Waals surface area contributed by atoms with Gasteiger partial charge in [0.05, 0.1) is 6.04 Å². The van der Waals surface area contributed by atoms with Crippen LogP contribution in [0, 0.1) is 5.92 Å². The van der Waals surface area contributed by atoms with Crippen LogP contribution in [0.4, 0.5) is 0 Å². The Morgan fingerprint density at radius 1 is 1.70 bits per heavy atom. The molecule has 1 amide bonds. The van der Waals surface area contributed by atoms with E-state index in [4.69, 9.17) is 10.9 Å². The molecule has 4 nitrogen and oxygen atoms in total.